The Hall–Kier alpha value is -2.54. The summed E-state index contributed by atoms with van der Waals surface area (Å²) in [4.78, 5) is 22.8. The maximum atomic E-state index is 10.5. The number of rotatable bonds is 5. The number of ether oxygens (including phenoxy) is 1. The van der Waals surface area contributed by atoms with Crippen LogP contribution in [0.25, 0.3) is 0 Å². The Balaban J connectivity index is 0.000000264. The van der Waals surface area contributed by atoms with Gasteiger partial charge in [-0.1, -0.05) is 59.8 Å². The Labute approximate surface area is 206 Å². The van der Waals surface area contributed by atoms with Crippen LogP contribution < -0.4 is 10.2 Å². The van der Waals surface area contributed by atoms with E-state index < -0.39 is 5.97 Å². The van der Waals surface area contributed by atoms with E-state index >= 15 is 0 Å². The van der Waals surface area contributed by atoms with E-state index in [9.17, 15) is 9.59 Å². The van der Waals surface area contributed by atoms with Gasteiger partial charge in [0.1, 0.15) is 5.33 Å². The SMILES string of the molecule is C.CCOC(=O)CBr.O=C(O)CCN1CCCc2ccccc21.c1ccc2c(c1)CCCN2. The van der Waals surface area contributed by atoms with Gasteiger partial charge in [-0.2, -0.15) is 0 Å². The molecule has 0 aromatic heterocycles. The van der Waals surface area contributed by atoms with Gasteiger partial charge >= 0.3 is 11.9 Å². The second-order valence-corrected chi connectivity index (χ2v) is 8.05. The first kappa shape index (κ1) is 28.5. The molecule has 0 spiro atoms. The summed E-state index contributed by atoms with van der Waals surface area (Å²) in [6.07, 6.45) is 4.96. The number of carboxylic acids is 1. The van der Waals surface area contributed by atoms with E-state index in [0.29, 0.717) is 18.5 Å². The molecule has 7 heteroatoms. The molecule has 6 nitrogen and oxygen atoms in total. The number of aryl methyl sites for hydroxylation is 2. The number of para-hydroxylation sites is 2. The fourth-order valence-electron chi connectivity index (χ4n) is 3.69. The summed E-state index contributed by atoms with van der Waals surface area (Å²) >= 11 is 2.94. The fraction of sp³-hybridized carbons (Fsp3) is 0.462. The third-order valence-electron chi connectivity index (χ3n) is 5.17. The van der Waals surface area contributed by atoms with E-state index in [0.717, 1.165) is 25.9 Å². The van der Waals surface area contributed by atoms with E-state index in [1.165, 1.54) is 35.3 Å². The average Bonchev–Trinajstić information content (AvgIpc) is 2.83. The van der Waals surface area contributed by atoms with Crippen LogP contribution in [-0.4, -0.2) is 48.6 Å². The Morgan fingerprint density at radius 3 is 2.36 bits per heavy atom. The van der Waals surface area contributed by atoms with Crippen molar-refractivity contribution in [1.82, 2.24) is 0 Å². The Morgan fingerprint density at radius 2 is 1.73 bits per heavy atom. The number of nitrogens with zero attached hydrogens (tertiary/aromatic N) is 1. The molecule has 0 fully saturated rings. The number of hydrogen-bond acceptors (Lipinski definition) is 5. The van der Waals surface area contributed by atoms with Crippen molar-refractivity contribution in [2.75, 3.05) is 41.8 Å². The predicted octanol–water partition coefficient (Wildman–Crippen LogP) is 5.54. The van der Waals surface area contributed by atoms with Crippen molar-refractivity contribution in [2.24, 2.45) is 0 Å². The number of hydrogen-bond donors (Lipinski definition) is 2. The molecule has 0 aliphatic carbocycles. The van der Waals surface area contributed by atoms with Gasteiger partial charge in [0, 0.05) is 31.0 Å². The Bertz CT molecular complexity index is 835. The molecule has 2 aromatic rings. The number of carbonyl (C=O) groups excluding carboxylic acids is 1. The molecule has 2 aliphatic rings. The van der Waals surface area contributed by atoms with Crippen LogP contribution in [-0.2, 0) is 27.2 Å². The molecule has 0 saturated heterocycles. The predicted molar refractivity (Wildman–Crippen MR) is 140 cm³/mol. The number of esters is 1. The third kappa shape index (κ3) is 10.3. The van der Waals surface area contributed by atoms with Crippen LogP contribution in [0.5, 0.6) is 0 Å². The highest BCUT2D eigenvalue weighted by atomic mass is 79.9. The first-order valence-electron chi connectivity index (χ1n) is 11.1. The van der Waals surface area contributed by atoms with Gasteiger partial charge in [0.15, 0.2) is 0 Å². The van der Waals surface area contributed by atoms with Crippen LogP contribution in [0.3, 0.4) is 0 Å². The summed E-state index contributed by atoms with van der Waals surface area (Å²) in [5.74, 6) is -0.930. The van der Waals surface area contributed by atoms with Gasteiger partial charge in [0.05, 0.1) is 13.0 Å². The highest BCUT2D eigenvalue weighted by Gasteiger charge is 2.16. The van der Waals surface area contributed by atoms with E-state index in [2.05, 4.69) is 67.3 Å². The number of carboxylic acid groups (broad SMARTS) is 1. The lowest BCUT2D eigenvalue weighted by Gasteiger charge is -2.30. The fourth-order valence-corrected chi connectivity index (χ4v) is 3.85. The third-order valence-corrected chi connectivity index (χ3v) is 5.63. The molecule has 0 unspecified atom stereocenters. The smallest absolute Gasteiger partial charge is 0.316 e. The van der Waals surface area contributed by atoms with Crippen molar-refractivity contribution < 1.29 is 19.4 Å². The summed E-state index contributed by atoms with van der Waals surface area (Å²) in [6, 6.07) is 16.8. The molecular formula is C26H37BrN2O4. The molecule has 0 amide bonds. The van der Waals surface area contributed by atoms with Crippen molar-refractivity contribution in [2.45, 2.75) is 46.5 Å². The van der Waals surface area contributed by atoms with Gasteiger partial charge in [-0.05, 0) is 55.9 Å². The zero-order valence-corrected chi connectivity index (χ0v) is 20.3. The van der Waals surface area contributed by atoms with Crippen LogP contribution >= 0.6 is 15.9 Å². The average molecular weight is 521 g/mol. The van der Waals surface area contributed by atoms with Gasteiger partial charge in [0.2, 0.25) is 0 Å². The molecule has 0 radical (unpaired) electrons. The lowest BCUT2D eigenvalue weighted by atomic mass is 10.0. The molecule has 2 N–H and O–H groups in total. The van der Waals surface area contributed by atoms with E-state index in [1.807, 2.05) is 12.1 Å². The summed E-state index contributed by atoms with van der Waals surface area (Å²) < 4.78 is 4.51. The number of anilines is 2. The van der Waals surface area contributed by atoms with Crippen LogP contribution in [0.1, 0.15) is 44.7 Å². The van der Waals surface area contributed by atoms with Gasteiger partial charge in [0.25, 0.3) is 0 Å². The number of halogens is 1. The van der Waals surface area contributed by atoms with Crippen molar-refractivity contribution in [1.29, 1.82) is 0 Å². The van der Waals surface area contributed by atoms with Crippen molar-refractivity contribution in [3.8, 4) is 0 Å². The van der Waals surface area contributed by atoms with Gasteiger partial charge < -0.3 is 20.1 Å². The van der Waals surface area contributed by atoms with Crippen molar-refractivity contribution in [3.63, 3.8) is 0 Å². The van der Waals surface area contributed by atoms with Crippen LogP contribution in [0.4, 0.5) is 11.4 Å². The summed E-state index contributed by atoms with van der Waals surface area (Å²) in [7, 11) is 0. The largest absolute Gasteiger partial charge is 0.481 e. The number of nitrogens with one attached hydrogen (secondary N) is 1. The van der Waals surface area contributed by atoms with E-state index in [4.69, 9.17) is 5.11 Å². The Kier molecular flexibility index (Phi) is 13.9. The minimum Gasteiger partial charge on any atom is -0.481 e. The van der Waals surface area contributed by atoms with Crippen molar-refractivity contribution in [3.05, 3.63) is 59.7 Å². The molecule has 2 heterocycles. The minimum atomic E-state index is -0.724. The molecule has 4 rings (SSSR count). The second kappa shape index (κ2) is 16.1. The summed E-state index contributed by atoms with van der Waals surface area (Å²) in [5, 5.41) is 12.3. The Morgan fingerprint density at radius 1 is 1.06 bits per heavy atom. The first-order chi connectivity index (χ1) is 15.5. The normalized spacial score (nSPS) is 13.2. The lowest BCUT2D eigenvalue weighted by molar-refractivity contribution is -0.140. The topological polar surface area (TPSA) is 78.9 Å². The summed E-state index contributed by atoms with van der Waals surface area (Å²) in [5.41, 5.74) is 5.35. The molecule has 0 saturated carbocycles. The molecule has 182 valence electrons. The number of fused-ring (bicyclic) bond motifs is 2. The zero-order valence-electron chi connectivity index (χ0n) is 18.7. The van der Waals surface area contributed by atoms with Crippen molar-refractivity contribution >= 4 is 39.2 Å². The van der Waals surface area contributed by atoms with E-state index in [-0.39, 0.29) is 19.8 Å². The number of carbonyl (C=O) groups is 2. The first-order valence-corrected chi connectivity index (χ1v) is 12.2. The quantitative estimate of drug-likeness (QED) is 0.398. The highest BCUT2D eigenvalue weighted by Crippen LogP contribution is 2.26. The molecule has 0 bridgehead atoms. The molecule has 33 heavy (non-hydrogen) atoms. The minimum absolute atomic E-state index is 0. The second-order valence-electron chi connectivity index (χ2n) is 7.49. The van der Waals surface area contributed by atoms with Crippen LogP contribution in [0, 0.1) is 0 Å². The molecule has 2 aromatic carbocycles. The van der Waals surface area contributed by atoms with Gasteiger partial charge in [-0.25, -0.2) is 0 Å². The zero-order chi connectivity index (χ0) is 23.2. The monoisotopic (exact) mass is 520 g/mol. The molecule has 2 aliphatic heterocycles. The molecule has 0 atom stereocenters. The van der Waals surface area contributed by atoms with Crippen LogP contribution in [0.2, 0.25) is 0 Å². The maximum Gasteiger partial charge on any atom is 0.316 e. The summed E-state index contributed by atoms with van der Waals surface area (Å²) in [6.45, 7) is 4.97. The van der Waals surface area contributed by atoms with Crippen LogP contribution in [0.15, 0.2) is 48.5 Å². The number of alkyl halides is 1. The van der Waals surface area contributed by atoms with E-state index in [1.54, 1.807) is 6.92 Å². The lowest BCUT2D eigenvalue weighted by Crippen LogP contribution is -2.31. The number of aliphatic carboxylic acids is 1. The highest BCUT2D eigenvalue weighted by molar-refractivity contribution is 9.09. The standard InChI is InChI=1S/C12H15NO2.C9H11N.C4H7BrO2.CH4/c14-12(15)7-9-13-8-3-5-10-4-1-2-6-11(10)13;1-2-6-9-8(4-1)5-3-7-10-9;1-2-7-4(6)3-5;/h1-2,4,6H,3,5,7-9H2,(H,14,15);1-2,4,6,10H,3,5,7H2;2-3H2,1H3;1H4. The number of benzene rings is 2. The maximum absolute atomic E-state index is 10.5. The van der Waals surface area contributed by atoms with Gasteiger partial charge in [-0.15, -0.1) is 0 Å². The van der Waals surface area contributed by atoms with Gasteiger partial charge in [-0.3, -0.25) is 9.59 Å². The molecular weight excluding hydrogens is 484 g/mol.